The Morgan fingerprint density at radius 1 is 1.16 bits per heavy atom. The Kier molecular flexibility index (Phi) is 4.32. The Labute approximate surface area is 113 Å². The molecule has 0 radical (unpaired) electrons. The van der Waals surface area contributed by atoms with Gasteiger partial charge in [0.1, 0.15) is 0 Å². The van der Waals surface area contributed by atoms with Gasteiger partial charge in [0, 0.05) is 19.4 Å². The van der Waals surface area contributed by atoms with Crippen LogP contribution in [0.1, 0.15) is 36.9 Å². The van der Waals surface area contributed by atoms with Crippen molar-refractivity contribution in [3.8, 4) is 0 Å². The van der Waals surface area contributed by atoms with Gasteiger partial charge in [-0.05, 0) is 24.6 Å². The molecular formula is C15H20N2O2. The highest BCUT2D eigenvalue weighted by Crippen LogP contribution is 2.19. The summed E-state index contributed by atoms with van der Waals surface area (Å²) in [5.74, 6) is -0.120. The predicted molar refractivity (Wildman–Crippen MR) is 73.6 cm³/mol. The molecule has 1 atom stereocenters. The fourth-order valence-corrected chi connectivity index (χ4v) is 2.36. The van der Waals surface area contributed by atoms with E-state index in [4.69, 9.17) is 0 Å². The van der Waals surface area contributed by atoms with Gasteiger partial charge in [-0.2, -0.15) is 0 Å². The highest BCUT2D eigenvalue weighted by molar-refractivity contribution is 6.01. The minimum atomic E-state index is -0.0598. The normalized spacial score (nSPS) is 17.1. The van der Waals surface area contributed by atoms with Gasteiger partial charge in [0.2, 0.25) is 11.8 Å². The zero-order chi connectivity index (χ0) is 13.8. The van der Waals surface area contributed by atoms with E-state index >= 15 is 0 Å². The third kappa shape index (κ3) is 3.01. The number of carbonyl (C=O) groups is 2. The van der Waals surface area contributed by atoms with Crippen LogP contribution in [0.15, 0.2) is 24.3 Å². The molecule has 1 fully saturated rings. The van der Waals surface area contributed by atoms with E-state index in [1.165, 1.54) is 10.5 Å². The van der Waals surface area contributed by atoms with Crippen molar-refractivity contribution in [1.82, 2.24) is 10.2 Å². The Balaban J connectivity index is 2.10. The van der Waals surface area contributed by atoms with Crippen molar-refractivity contribution in [3.63, 3.8) is 0 Å². The summed E-state index contributed by atoms with van der Waals surface area (Å²) >= 11 is 0. The highest BCUT2D eigenvalue weighted by Gasteiger charge is 2.30. The standard InChI is InChI=1S/C15H20N2O2/c1-3-11-4-6-12(7-5-11)13(16-2)10-17-14(18)8-9-15(17)19/h4-7,13,16H,3,8-10H2,1-2H3. The Bertz CT molecular complexity index is 452. The summed E-state index contributed by atoms with van der Waals surface area (Å²) < 4.78 is 0. The van der Waals surface area contributed by atoms with Gasteiger partial charge in [-0.1, -0.05) is 31.2 Å². The third-order valence-corrected chi connectivity index (χ3v) is 3.66. The van der Waals surface area contributed by atoms with Crippen LogP contribution in [0.2, 0.25) is 0 Å². The Hall–Kier alpha value is -1.68. The smallest absolute Gasteiger partial charge is 0.229 e. The first-order chi connectivity index (χ1) is 9.15. The van der Waals surface area contributed by atoms with E-state index in [2.05, 4.69) is 36.5 Å². The van der Waals surface area contributed by atoms with Crippen LogP contribution in [0.3, 0.4) is 0 Å². The van der Waals surface area contributed by atoms with Gasteiger partial charge in [0.05, 0.1) is 6.04 Å². The molecule has 4 nitrogen and oxygen atoms in total. The second kappa shape index (κ2) is 5.97. The molecule has 1 aromatic rings. The van der Waals surface area contributed by atoms with Crippen LogP contribution in [0, 0.1) is 0 Å². The molecule has 2 rings (SSSR count). The van der Waals surface area contributed by atoms with E-state index < -0.39 is 0 Å². The maximum absolute atomic E-state index is 11.6. The number of rotatable bonds is 5. The minimum Gasteiger partial charge on any atom is -0.312 e. The van der Waals surface area contributed by atoms with Crippen LogP contribution < -0.4 is 5.32 Å². The third-order valence-electron chi connectivity index (χ3n) is 3.66. The summed E-state index contributed by atoms with van der Waals surface area (Å²) in [6, 6.07) is 8.30. The van der Waals surface area contributed by atoms with Crippen molar-refractivity contribution in [2.24, 2.45) is 0 Å². The second-order valence-corrected chi connectivity index (χ2v) is 4.83. The fourth-order valence-electron chi connectivity index (χ4n) is 2.36. The predicted octanol–water partition coefficient (Wildman–Crippen LogP) is 1.66. The lowest BCUT2D eigenvalue weighted by molar-refractivity contribution is -0.138. The number of nitrogens with zero attached hydrogens (tertiary/aromatic N) is 1. The summed E-state index contributed by atoms with van der Waals surface area (Å²) in [6.07, 6.45) is 1.71. The quantitative estimate of drug-likeness (QED) is 0.819. The molecule has 102 valence electrons. The number of likely N-dealkylation sites (tertiary alicyclic amines) is 1. The zero-order valence-electron chi connectivity index (χ0n) is 11.5. The first-order valence-corrected chi connectivity index (χ1v) is 6.75. The van der Waals surface area contributed by atoms with Gasteiger partial charge in [0.25, 0.3) is 0 Å². The van der Waals surface area contributed by atoms with Crippen molar-refractivity contribution in [2.75, 3.05) is 13.6 Å². The molecule has 0 aliphatic carbocycles. The first-order valence-electron chi connectivity index (χ1n) is 6.75. The second-order valence-electron chi connectivity index (χ2n) is 4.83. The van der Waals surface area contributed by atoms with Crippen molar-refractivity contribution in [3.05, 3.63) is 35.4 Å². The number of likely N-dealkylation sites (N-methyl/N-ethyl adjacent to an activating group) is 1. The van der Waals surface area contributed by atoms with Gasteiger partial charge in [-0.15, -0.1) is 0 Å². The molecule has 0 aromatic heterocycles. The van der Waals surface area contributed by atoms with Crippen molar-refractivity contribution < 1.29 is 9.59 Å². The van der Waals surface area contributed by atoms with Crippen LogP contribution in [0.5, 0.6) is 0 Å². The number of aryl methyl sites for hydroxylation is 1. The molecule has 0 bridgehead atoms. The summed E-state index contributed by atoms with van der Waals surface area (Å²) in [5, 5.41) is 3.18. The maximum atomic E-state index is 11.6. The molecule has 1 N–H and O–H groups in total. The first kappa shape index (κ1) is 13.7. The van der Waals surface area contributed by atoms with Crippen LogP contribution in [0.4, 0.5) is 0 Å². The van der Waals surface area contributed by atoms with E-state index in [-0.39, 0.29) is 17.9 Å². The SMILES string of the molecule is CCc1ccc(C(CN2C(=O)CCC2=O)NC)cc1. The molecular weight excluding hydrogens is 240 g/mol. The lowest BCUT2D eigenvalue weighted by Gasteiger charge is -2.22. The molecule has 1 unspecified atom stereocenters. The van der Waals surface area contributed by atoms with Crippen LogP contribution in [-0.2, 0) is 16.0 Å². The average molecular weight is 260 g/mol. The van der Waals surface area contributed by atoms with Gasteiger partial charge < -0.3 is 5.32 Å². The summed E-state index contributed by atoms with van der Waals surface area (Å²) in [5.41, 5.74) is 2.39. The fraction of sp³-hybridized carbons (Fsp3) is 0.467. The highest BCUT2D eigenvalue weighted by atomic mass is 16.2. The van der Waals surface area contributed by atoms with E-state index in [0.717, 1.165) is 12.0 Å². The number of amides is 2. The topological polar surface area (TPSA) is 49.4 Å². The number of imide groups is 1. The van der Waals surface area contributed by atoms with E-state index in [9.17, 15) is 9.59 Å². The molecule has 2 amide bonds. The molecule has 19 heavy (non-hydrogen) atoms. The molecule has 0 saturated carbocycles. The Morgan fingerprint density at radius 3 is 2.21 bits per heavy atom. The van der Waals surface area contributed by atoms with Gasteiger partial charge in [-0.3, -0.25) is 14.5 Å². The van der Waals surface area contributed by atoms with E-state index in [0.29, 0.717) is 19.4 Å². The molecule has 4 heteroatoms. The van der Waals surface area contributed by atoms with Gasteiger partial charge in [-0.25, -0.2) is 0 Å². The van der Waals surface area contributed by atoms with Gasteiger partial charge in [0.15, 0.2) is 0 Å². The van der Waals surface area contributed by atoms with E-state index in [1.54, 1.807) is 0 Å². The lowest BCUT2D eigenvalue weighted by atomic mass is 10.0. The van der Waals surface area contributed by atoms with Crippen molar-refractivity contribution >= 4 is 11.8 Å². The number of carbonyl (C=O) groups excluding carboxylic acids is 2. The van der Waals surface area contributed by atoms with Crippen LogP contribution in [-0.4, -0.2) is 30.3 Å². The van der Waals surface area contributed by atoms with Crippen molar-refractivity contribution in [1.29, 1.82) is 0 Å². The van der Waals surface area contributed by atoms with Crippen molar-refractivity contribution in [2.45, 2.75) is 32.2 Å². The molecule has 1 saturated heterocycles. The summed E-state index contributed by atoms with van der Waals surface area (Å²) in [7, 11) is 1.85. The molecule has 1 aliphatic heterocycles. The molecule has 0 spiro atoms. The number of nitrogens with one attached hydrogen (secondary N) is 1. The minimum absolute atomic E-state index is 0.00286. The number of hydrogen-bond acceptors (Lipinski definition) is 3. The molecule has 1 aromatic carbocycles. The zero-order valence-corrected chi connectivity index (χ0v) is 11.5. The van der Waals surface area contributed by atoms with Crippen LogP contribution in [0.25, 0.3) is 0 Å². The maximum Gasteiger partial charge on any atom is 0.229 e. The van der Waals surface area contributed by atoms with E-state index in [1.807, 2.05) is 7.05 Å². The molecule has 1 aliphatic rings. The number of hydrogen-bond donors (Lipinski definition) is 1. The van der Waals surface area contributed by atoms with Gasteiger partial charge >= 0.3 is 0 Å². The summed E-state index contributed by atoms with van der Waals surface area (Å²) in [6.45, 7) is 2.53. The van der Waals surface area contributed by atoms with Crippen LogP contribution >= 0.6 is 0 Å². The summed E-state index contributed by atoms with van der Waals surface area (Å²) in [4.78, 5) is 24.7. The molecule has 1 heterocycles. The number of benzene rings is 1. The Morgan fingerprint density at radius 2 is 1.74 bits per heavy atom. The monoisotopic (exact) mass is 260 g/mol. The lowest BCUT2D eigenvalue weighted by Crippen LogP contribution is -2.37. The largest absolute Gasteiger partial charge is 0.312 e. The average Bonchev–Trinajstić information content (AvgIpc) is 2.76.